The molecular formula is C8H18N2O2. The van der Waals surface area contributed by atoms with Gasteiger partial charge < -0.3 is 15.8 Å². The first-order valence-electron chi connectivity index (χ1n) is 4.35. The Labute approximate surface area is 73.5 Å². The number of amides is 1. The minimum Gasteiger partial charge on any atom is -0.380 e. The zero-order valence-corrected chi connectivity index (χ0v) is 7.64. The molecule has 0 radical (unpaired) electrons. The highest BCUT2D eigenvalue weighted by molar-refractivity contribution is 5.77. The molecule has 0 saturated heterocycles. The van der Waals surface area contributed by atoms with Crippen LogP contribution >= 0.6 is 0 Å². The molecule has 0 fully saturated rings. The van der Waals surface area contributed by atoms with Crippen LogP contribution in [0.1, 0.15) is 19.8 Å². The number of rotatable bonds is 7. The monoisotopic (exact) mass is 174 g/mol. The zero-order valence-electron chi connectivity index (χ0n) is 7.64. The molecule has 0 rings (SSSR count). The molecule has 12 heavy (non-hydrogen) atoms. The number of ether oxygens (including phenoxy) is 1. The highest BCUT2D eigenvalue weighted by atomic mass is 16.5. The third kappa shape index (κ3) is 7.50. The second kappa shape index (κ2) is 8.49. The van der Waals surface area contributed by atoms with E-state index < -0.39 is 0 Å². The average Bonchev–Trinajstić information content (AvgIpc) is 2.10. The second-order valence-electron chi connectivity index (χ2n) is 2.52. The summed E-state index contributed by atoms with van der Waals surface area (Å²) < 4.78 is 5.21. The van der Waals surface area contributed by atoms with Crippen molar-refractivity contribution < 1.29 is 9.53 Å². The van der Waals surface area contributed by atoms with Crippen LogP contribution in [0.5, 0.6) is 0 Å². The Morgan fingerprint density at radius 3 is 2.83 bits per heavy atom. The molecule has 72 valence electrons. The molecule has 0 aromatic rings. The first-order chi connectivity index (χ1) is 5.81. The lowest BCUT2D eigenvalue weighted by molar-refractivity contribution is -0.119. The fourth-order valence-electron chi connectivity index (χ4n) is 0.683. The van der Waals surface area contributed by atoms with Gasteiger partial charge in [0.1, 0.15) is 0 Å². The second-order valence-corrected chi connectivity index (χ2v) is 2.52. The van der Waals surface area contributed by atoms with Crippen molar-refractivity contribution in [1.82, 2.24) is 5.32 Å². The molecule has 3 N–H and O–H groups in total. The van der Waals surface area contributed by atoms with E-state index in [2.05, 4.69) is 12.2 Å². The van der Waals surface area contributed by atoms with Crippen molar-refractivity contribution in [3.05, 3.63) is 0 Å². The van der Waals surface area contributed by atoms with Crippen molar-refractivity contribution in [2.45, 2.75) is 19.8 Å². The van der Waals surface area contributed by atoms with Gasteiger partial charge in [-0.1, -0.05) is 13.3 Å². The lowest BCUT2D eigenvalue weighted by Crippen LogP contribution is -2.32. The van der Waals surface area contributed by atoms with Gasteiger partial charge in [0, 0.05) is 13.2 Å². The largest absolute Gasteiger partial charge is 0.380 e. The van der Waals surface area contributed by atoms with Gasteiger partial charge in [-0.05, 0) is 6.42 Å². The van der Waals surface area contributed by atoms with Crippen LogP contribution < -0.4 is 11.1 Å². The molecule has 0 unspecified atom stereocenters. The Balaban J connectivity index is 2.95. The Kier molecular flexibility index (Phi) is 8.05. The van der Waals surface area contributed by atoms with Gasteiger partial charge in [0.05, 0.1) is 13.2 Å². The fraction of sp³-hybridized carbons (Fsp3) is 0.875. The predicted octanol–water partition coefficient (Wildman–Crippen LogP) is -0.122. The summed E-state index contributed by atoms with van der Waals surface area (Å²) in [4.78, 5) is 10.6. The average molecular weight is 174 g/mol. The van der Waals surface area contributed by atoms with Crippen LogP contribution in [0.2, 0.25) is 0 Å². The Hall–Kier alpha value is -0.610. The molecule has 0 spiro atoms. The van der Waals surface area contributed by atoms with E-state index in [1.165, 1.54) is 0 Å². The molecule has 0 heterocycles. The summed E-state index contributed by atoms with van der Waals surface area (Å²) >= 11 is 0. The van der Waals surface area contributed by atoms with E-state index in [0.717, 1.165) is 19.4 Å². The van der Waals surface area contributed by atoms with Crippen LogP contribution in [0.15, 0.2) is 0 Å². The first kappa shape index (κ1) is 11.4. The minimum absolute atomic E-state index is 0.0506. The van der Waals surface area contributed by atoms with Crippen LogP contribution in [0.4, 0.5) is 0 Å². The van der Waals surface area contributed by atoms with Crippen LogP contribution in [-0.2, 0) is 9.53 Å². The van der Waals surface area contributed by atoms with Gasteiger partial charge in [-0.15, -0.1) is 0 Å². The van der Waals surface area contributed by atoms with E-state index in [1.54, 1.807) is 0 Å². The standard InChI is InChI=1S/C8H18N2O2/c1-2-3-5-12-6-4-10-8(11)7-9/h2-7,9H2,1H3,(H,10,11). The van der Waals surface area contributed by atoms with Gasteiger partial charge in [0.2, 0.25) is 5.91 Å². The Bertz CT molecular complexity index is 118. The molecule has 4 nitrogen and oxygen atoms in total. The highest BCUT2D eigenvalue weighted by Gasteiger charge is 1.94. The van der Waals surface area contributed by atoms with Crippen LogP contribution in [0.25, 0.3) is 0 Å². The van der Waals surface area contributed by atoms with E-state index in [9.17, 15) is 4.79 Å². The summed E-state index contributed by atoms with van der Waals surface area (Å²) in [6, 6.07) is 0. The van der Waals surface area contributed by atoms with Gasteiger partial charge in [-0.25, -0.2) is 0 Å². The molecule has 4 heteroatoms. The normalized spacial score (nSPS) is 9.83. The number of unbranched alkanes of at least 4 members (excludes halogenated alkanes) is 1. The molecule has 0 aliphatic heterocycles. The summed E-state index contributed by atoms with van der Waals surface area (Å²) in [6.45, 7) is 4.06. The van der Waals surface area contributed by atoms with Crippen LogP contribution in [0.3, 0.4) is 0 Å². The third-order valence-corrected chi connectivity index (χ3v) is 1.40. The molecule has 0 aromatic carbocycles. The highest BCUT2D eigenvalue weighted by Crippen LogP contribution is 1.86. The van der Waals surface area contributed by atoms with Crippen LogP contribution in [-0.4, -0.2) is 32.2 Å². The van der Waals surface area contributed by atoms with Crippen molar-refractivity contribution in [2.24, 2.45) is 5.73 Å². The van der Waals surface area contributed by atoms with Crippen molar-refractivity contribution in [3.63, 3.8) is 0 Å². The van der Waals surface area contributed by atoms with Crippen molar-refractivity contribution in [2.75, 3.05) is 26.3 Å². The zero-order chi connectivity index (χ0) is 9.23. The topological polar surface area (TPSA) is 64.3 Å². The van der Waals surface area contributed by atoms with Crippen molar-refractivity contribution in [1.29, 1.82) is 0 Å². The predicted molar refractivity (Wildman–Crippen MR) is 47.8 cm³/mol. The SMILES string of the molecule is CCCCOCCNC(=O)CN. The maximum Gasteiger partial charge on any atom is 0.233 e. The third-order valence-electron chi connectivity index (χ3n) is 1.40. The first-order valence-corrected chi connectivity index (χ1v) is 4.35. The quantitative estimate of drug-likeness (QED) is 0.529. The lowest BCUT2D eigenvalue weighted by Gasteiger charge is -2.04. The van der Waals surface area contributed by atoms with Crippen molar-refractivity contribution in [3.8, 4) is 0 Å². The minimum atomic E-state index is -0.130. The summed E-state index contributed by atoms with van der Waals surface area (Å²) in [5.41, 5.74) is 5.08. The summed E-state index contributed by atoms with van der Waals surface area (Å²) in [7, 11) is 0. The number of nitrogens with two attached hydrogens (primary N) is 1. The van der Waals surface area contributed by atoms with Gasteiger partial charge in [-0.3, -0.25) is 4.79 Å². The molecule has 1 amide bonds. The number of carbonyl (C=O) groups is 1. The summed E-state index contributed by atoms with van der Waals surface area (Å²) in [6.07, 6.45) is 2.21. The molecular weight excluding hydrogens is 156 g/mol. The number of carbonyl (C=O) groups excluding carboxylic acids is 1. The lowest BCUT2D eigenvalue weighted by atomic mass is 10.4. The molecule has 0 aliphatic carbocycles. The Morgan fingerprint density at radius 1 is 1.50 bits per heavy atom. The molecule has 0 atom stereocenters. The van der Waals surface area contributed by atoms with Gasteiger partial charge in [0.25, 0.3) is 0 Å². The maximum atomic E-state index is 10.6. The van der Waals surface area contributed by atoms with Crippen molar-refractivity contribution >= 4 is 5.91 Å². The molecule has 0 saturated carbocycles. The van der Waals surface area contributed by atoms with Gasteiger partial charge in [-0.2, -0.15) is 0 Å². The van der Waals surface area contributed by atoms with Crippen LogP contribution in [0, 0.1) is 0 Å². The molecule has 0 aliphatic rings. The number of hydrogen-bond donors (Lipinski definition) is 2. The number of nitrogens with one attached hydrogen (secondary N) is 1. The smallest absolute Gasteiger partial charge is 0.233 e. The molecule has 0 aromatic heterocycles. The summed E-state index contributed by atoms with van der Waals surface area (Å²) in [5.74, 6) is -0.130. The molecule has 0 bridgehead atoms. The van der Waals surface area contributed by atoms with E-state index in [-0.39, 0.29) is 12.5 Å². The fourth-order valence-corrected chi connectivity index (χ4v) is 0.683. The van der Waals surface area contributed by atoms with Gasteiger partial charge in [0.15, 0.2) is 0 Å². The van der Waals surface area contributed by atoms with E-state index >= 15 is 0 Å². The van der Waals surface area contributed by atoms with Gasteiger partial charge >= 0.3 is 0 Å². The van der Waals surface area contributed by atoms with E-state index in [0.29, 0.717) is 13.2 Å². The summed E-state index contributed by atoms with van der Waals surface area (Å²) in [5, 5.41) is 2.62. The number of hydrogen-bond acceptors (Lipinski definition) is 3. The van der Waals surface area contributed by atoms with E-state index in [4.69, 9.17) is 10.5 Å². The maximum absolute atomic E-state index is 10.6. The van der Waals surface area contributed by atoms with E-state index in [1.807, 2.05) is 0 Å². The Morgan fingerprint density at radius 2 is 2.25 bits per heavy atom.